The van der Waals surface area contributed by atoms with Gasteiger partial charge in [0.05, 0.1) is 6.54 Å². The van der Waals surface area contributed by atoms with Crippen LogP contribution in [0.15, 0.2) is 46.8 Å². The first kappa shape index (κ1) is 24.4. The largest absolute Gasteiger partial charge is 0.357 e. The molecule has 0 aliphatic rings. The van der Waals surface area contributed by atoms with Crippen LogP contribution in [0.3, 0.4) is 0 Å². The summed E-state index contributed by atoms with van der Waals surface area (Å²) in [6.07, 6.45) is 0. The van der Waals surface area contributed by atoms with Crippen LogP contribution in [0.1, 0.15) is 41.6 Å². The highest BCUT2D eigenvalue weighted by atomic mass is 127. The predicted octanol–water partition coefficient (Wildman–Crippen LogP) is 4.10. The summed E-state index contributed by atoms with van der Waals surface area (Å²) in [6.45, 7) is 8.69. The number of amides is 1. The van der Waals surface area contributed by atoms with E-state index in [1.54, 1.807) is 30.3 Å². The van der Waals surface area contributed by atoms with E-state index in [4.69, 9.17) is 0 Å². The molecule has 0 bridgehead atoms. The van der Waals surface area contributed by atoms with Gasteiger partial charge in [0.2, 0.25) is 0 Å². The van der Waals surface area contributed by atoms with Gasteiger partial charge in [0.1, 0.15) is 0 Å². The highest BCUT2D eigenvalue weighted by Gasteiger charge is 2.21. The lowest BCUT2D eigenvalue weighted by Crippen LogP contribution is -2.43. The number of nitrogens with zero attached hydrogens (tertiary/aromatic N) is 2. The second kappa shape index (κ2) is 11.4. The van der Waals surface area contributed by atoms with E-state index in [-0.39, 0.29) is 35.3 Å². The van der Waals surface area contributed by atoms with Gasteiger partial charge in [0.25, 0.3) is 5.91 Å². The molecule has 0 unspecified atom stereocenters. The summed E-state index contributed by atoms with van der Waals surface area (Å²) in [5.74, 6) is 0.812. The van der Waals surface area contributed by atoms with Crippen molar-refractivity contribution in [3.05, 3.63) is 57.8 Å². The van der Waals surface area contributed by atoms with Gasteiger partial charge in [0.15, 0.2) is 5.96 Å². The molecule has 5 nitrogen and oxygen atoms in total. The van der Waals surface area contributed by atoms with E-state index in [2.05, 4.69) is 53.9 Å². The fourth-order valence-corrected chi connectivity index (χ4v) is 3.43. The number of nitrogens with one attached hydrogen (secondary N) is 2. The molecule has 0 fully saturated rings. The second-order valence-corrected chi connectivity index (χ2v) is 8.25. The number of carbonyl (C=O) groups is 1. The molecule has 0 aliphatic heterocycles. The van der Waals surface area contributed by atoms with Crippen LogP contribution in [0.4, 0.5) is 0 Å². The number of guanidine groups is 1. The lowest BCUT2D eigenvalue weighted by atomic mass is 9.91. The molecule has 2 aromatic rings. The van der Waals surface area contributed by atoms with Crippen LogP contribution in [0, 0.1) is 0 Å². The van der Waals surface area contributed by atoms with Crippen molar-refractivity contribution in [2.45, 2.75) is 32.7 Å². The minimum Gasteiger partial charge on any atom is -0.357 e. The molecule has 0 saturated carbocycles. The zero-order valence-corrected chi connectivity index (χ0v) is 20.4. The van der Waals surface area contributed by atoms with E-state index < -0.39 is 0 Å². The van der Waals surface area contributed by atoms with Gasteiger partial charge < -0.3 is 15.5 Å². The van der Waals surface area contributed by atoms with Gasteiger partial charge in [-0.1, -0.05) is 32.0 Å². The molecule has 154 valence electrons. The zero-order chi connectivity index (χ0) is 19.9. The van der Waals surface area contributed by atoms with Crippen LogP contribution >= 0.6 is 35.3 Å². The third kappa shape index (κ3) is 7.09. The van der Waals surface area contributed by atoms with Crippen molar-refractivity contribution in [3.63, 3.8) is 0 Å². The smallest absolute Gasteiger partial charge is 0.253 e. The topological polar surface area (TPSA) is 56.7 Å². The first-order chi connectivity index (χ1) is 12.8. The molecule has 2 rings (SSSR count). The predicted molar refractivity (Wildman–Crippen MR) is 130 cm³/mol. The van der Waals surface area contributed by atoms with Crippen molar-refractivity contribution in [3.8, 4) is 0 Å². The summed E-state index contributed by atoms with van der Waals surface area (Å²) >= 11 is 1.78. The van der Waals surface area contributed by atoms with Crippen LogP contribution < -0.4 is 10.6 Å². The quantitative estimate of drug-likeness (QED) is 0.333. The van der Waals surface area contributed by atoms with Gasteiger partial charge in [-0.25, -0.2) is 4.99 Å². The summed E-state index contributed by atoms with van der Waals surface area (Å²) in [6, 6.07) is 11.9. The molecular weight excluding hydrogens is 483 g/mol. The maximum atomic E-state index is 12.0. The average Bonchev–Trinajstić information content (AvgIpc) is 3.19. The normalized spacial score (nSPS) is 11.5. The average molecular weight is 514 g/mol. The molecule has 0 saturated heterocycles. The number of rotatable bonds is 7. The Morgan fingerprint density at radius 3 is 2.36 bits per heavy atom. The molecule has 0 atom stereocenters. The molecule has 1 amide bonds. The van der Waals surface area contributed by atoms with Crippen molar-refractivity contribution in [1.82, 2.24) is 15.5 Å². The van der Waals surface area contributed by atoms with Gasteiger partial charge in [-0.3, -0.25) is 4.79 Å². The second-order valence-electron chi connectivity index (χ2n) is 7.31. The van der Waals surface area contributed by atoms with Crippen LogP contribution in [-0.4, -0.2) is 44.0 Å². The molecule has 28 heavy (non-hydrogen) atoms. The summed E-state index contributed by atoms with van der Waals surface area (Å²) in [7, 11) is 3.51. The Morgan fingerprint density at radius 1 is 1.14 bits per heavy atom. The Labute approximate surface area is 189 Å². The third-order valence-corrected chi connectivity index (χ3v) is 5.49. The number of hydrogen-bond donors (Lipinski definition) is 2. The van der Waals surface area contributed by atoms with Gasteiger partial charge in [-0.05, 0) is 36.1 Å². The summed E-state index contributed by atoms with van der Waals surface area (Å²) in [4.78, 5) is 19.6. The Balaban J connectivity index is 0.00000392. The minimum absolute atomic E-state index is 0. The molecule has 1 aromatic carbocycles. The van der Waals surface area contributed by atoms with Crippen molar-refractivity contribution in [2.75, 3.05) is 27.2 Å². The van der Waals surface area contributed by atoms with E-state index in [9.17, 15) is 4.79 Å². The third-order valence-electron chi connectivity index (χ3n) is 4.26. The van der Waals surface area contributed by atoms with E-state index in [1.807, 2.05) is 24.3 Å². The minimum atomic E-state index is 0. The van der Waals surface area contributed by atoms with Gasteiger partial charge in [-0.2, -0.15) is 0 Å². The molecule has 7 heteroatoms. The Bertz CT molecular complexity index is 755. The van der Waals surface area contributed by atoms with Gasteiger partial charge in [-0.15, -0.1) is 35.3 Å². The van der Waals surface area contributed by atoms with Gasteiger partial charge in [0, 0.05) is 43.0 Å². The monoisotopic (exact) mass is 514 g/mol. The van der Waals surface area contributed by atoms with Crippen molar-refractivity contribution < 1.29 is 4.79 Å². The van der Waals surface area contributed by atoms with E-state index in [1.165, 1.54) is 4.88 Å². The Morgan fingerprint density at radius 2 is 1.82 bits per heavy atom. The van der Waals surface area contributed by atoms with Crippen molar-refractivity contribution in [2.24, 2.45) is 4.99 Å². The van der Waals surface area contributed by atoms with Crippen molar-refractivity contribution in [1.29, 1.82) is 0 Å². The number of carbonyl (C=O) groups excluding carboxylic acids is 1. The number of halogens is 1. The Hall–Kier alpha value is -1.61. The number of aliphatic imine (C=N–C) groups is 1. The van der Waals surface area contributed by atoms with Crippen LogP contribution in [0.5, 0.6) is 0 Å². The lowest BCUT2D eigenvalue weighted by Gasteiger charge is -2.25. The molecule has 1 heterocycles. The van der Waals surface area contributed by atoms with Crippen LogP contribution in [0.2, 0.25) is 0 Å². The zero-order valence-electron chi connectivity index (χ0n) is 17.3. The number of thiophene rings is 1. The summed E-state index contributed by atoms with van der Waals surface area (Å²) in [5.41, 5.74) is 1.80. The summed E-state index contributed by atoms with van der Waals surface area (Å²) in [5, 5.41) is 8.86. The lowest BCUT2D eigenvalue weighted by molar-refractivity contribution is 0.0827. The first-order valence-electron chi connectivity index (χ1n) is 9.20. The van der Waals surface area contributed by atoms with Crippen LogP contribution in [0.25, 0.3) is 0 Å². The van der Waals surface area contributed by atoms with Crippen molar-refractivity contribution >= 4 is 47.2 Å². The van der Waals surface area contributed by atoms with Gasteiger partial charge >= 0.3 is 0 Å². The van der Waals surface area contributed by atoms with E-state index in [0.717, 1.165) is 24.6 Å². The maximum Gasteiger partial charge on any atom is 0.253 e. The first-order valence-corrected chi connectivity index (χ1v) is 10.1. The summed E-state index contributed by atoms with van der Waals surface area (Å²) < 4.78 is 0. The Kier molecular flexibility index (Phi) is 9.95. The highest BCUT2D eigenvalue weighted by molar-refractivity contribution is 14.0. The fraction of sp³-hybridized carbons (Fsp3) is 0.429. The molecule has 0 aliphatic carbocycles. The number of hydrogen-bond acceptors (Lipinski definition) is 3. The van der Waals surface area contributed by atoms with Crippen LogP contribution in [-0.2, 0) is 12.0 Å². The highest BCUT2D eigenvalue weighted by Crippen LogP contribution is 2.26. The molecule has 0 spiro atoms. The maximum absolute atomic E-state index is 12.0. The molecule has 2 N–H and O–H groups in total. The fourth-order valence-electron chi connectivity index (χ4n) is 2.58. The number of benzene rings is 1. The molecule has 1 aromatic heterocycles. The standard InChI is InChI=1S/C21H30N4OS.HI/c1-6-22-20(24-15-21(2,3)18-8-7-13-27-18)23-14-16-9-11-17(12-10-16)19(26)25(4)5;/h7-13H,6,14-15H2,1-5H3,(H2,22,23,24);1H. The molecular formula is C21H31IN4OS. The SMILES string of the molecule is CCNC(=NCc1ccc(C(=O)N(C)C)cc1)NCC(C)(C)c1cccs1.I. The van der Waals surface area contributed by atoms with E-state index >= 15 is 0 Å². The molecule has 0 radical (unpaired) electrons. The van der Waals surface area contributed by atoms with E-state index in [0.29, 0.717) is 12.1 Å².